The lowest BCUT2D eigenvalue weighted by atomic mass is 10.1. The summed E-state index contributed by atoms with van der Waals surface area (Å²) in [6, 6.07) is 2.95. The number of rotatable bonds is 5. The third-order valence-corrected chi connectivity index (χ3v) is 4.60. The van der Waals surface area contributed by atoms with E-state index in [4.69, 9.17) is 0 Å². The van der Waals surface area contributed by atoms with Gasteiger partial charge in [-0.15, -0.1) is 0 Å². The third kappa shape index (κ3) is 3.43. The number of hydrogen-bond acceptors (Lipinski definition) is 3. The van der Waals surface area contributed by atoms with Crippen LogP contribution in [0.25, 0.3) is 0 Å². The van der Waals surface area contributed by atoms with Crippen LogP contribution in [-0.2, 0) is 0 Å². The molecular weight excluding hydrogens is 210 g/mol. The Balaban J connectivity index is 1.84. The van der Waals surface area contributed by atoms with Crippen LogP contribution < -0.4 is 5.32 Å². The Bertz CT molecular complexity index is 228. The van der Waals surface area contributed by atoms with Crippen LogP contribution in [0.3, 0.4) is 0 Å². The van der Waals surface area contributed by atoms with E-state index >= 15 is 0 Å². The van der Waals surface area contributed by atoms with Crippen LogP contribution in [0.15, 0.2) is 0 Å². The standard InChI is InChI=1S/C14H29N3/c1-5-14(8-15-13-6-7-13)17-9-11(2)16(4)12(3)10-17/h11-15H,5-10H2,1-4H3. The van der Waals surface area contributed by atoms with Crippen molar-refractivity contribution in [1.29, 1.82) is 0 Å². The minimum Gasteiger partial charge on any atom is -0.312 e. The van der Waals surface area contributed by atoms with Crippen molar-refractivity contribution in [3.8, 4) is 0 Å². The van der Waals surface area contributed by atoms with Crippen LogP contribution in [0.5, 0.6) is 0 Å². The lowest BCUT2D eigenvalue weighted by Gasteiger charge is -2.45. The minimum atomic E-state index is 0.689. The lowest BCUT2D eigenvalue weighted by molar-refractivity contribution is 0.0324. The van der Waals surface area contributed by atoms with Gasteiger partial charge in [0.25, 0.3) is 0 Å². The number of likely N-dealkylation sites (N-methyl/N-ethyl adjacent to an activating group) is 1. The summed E-state index contributed by atoms with van der Waals surface area (Å²) in [5.41, 5.74) is 0. The van der Waals surface area contributed by atoms with Crippen molar-refractivity contribution in [3.05, 3.63) is 0 Å². The number of hydrogen-bond donors (Lipinski definition) is 1. The second-order valence-corrected chi connectivity index (χ2v) is 6.06. The topological polar surface area (TPSA) is 18.5 Å². The van der Waals surface area contributed by atoms with Crippen molar-refractivity contribution < 1.29 is 0 Å². The molecule has 3 nitrogen and oxygen atoms in total. The summed E-state index contributed by atoms with van der Waals surface area (Å²) in [5.74, 6) is 0. The highest BCUT2D eigenvalue weighted by Crippen LogP contribution is 2.20. The van der Waals surface area contributed by atoms with E-state index in [1.807, 2.05) is 0 Å². The average Bonchev–Trinajstić information content (AvgIpc) is 3.10. The van der Waals surface area contributed by atoms with Gasteiger partial charge in [0, 0.05) is 43.8 Å². The largest absolute Gasteiger partial charge is 0.312 e. The number of piperazine rings is 1. The van der Waals surface area contributed by atoms with Crippen molar-refractivity contribution in [2.45, 2.75) is 64.2 Å². The zero-order valence-corrected chi connectivity index (χ0v) is 11.9. The van der Waals surface area contributed by atoms with Gasteiger partial charge < -0.3 is 5.32 Å². The number of nitrogens with one attached hydrogen (secondary N) is 1. The van der Waals surface area contributed by atoms with E-state index in [1.54, 1.807) is 0 Å². The van der Waals surface area contributed by atoms with Gasteiger partial charge in [-0.2, -0.15) is 0 Å². The molecule has 1 heterocycles. The molecule has 17 heavy (non-hydrogen) atoms. The van der Waals surface area contributed by atoms with Crippen LogP contribution >= 0.6 is 0 Å². The van der Waals surface area contributed by atoms with Gasteiger partial charge >= 0.3 is 0 Å². The lowest BCUT2D eigenvalue weighted by Crippen LogP contribution is -2.59. The second kappa shape index (κ2) is 5.68. The fraction of sp³-hybridized carbons (Fsp3) is 1.00. The molecule has 2 aliphatic rings. The Morgan fingerprint density at radius 2 is 1.76 bits per heavy atom. The van der Waals surface area contributed by atoms with E-state index < -0.39 is 0 Å². The van der Waals surface area contributed by atoms with Crippen LogP contribution in [-0.4, -0.2) is 60.6 Å². The second-order valence-electron chi connectivity index (χ2n) is 6.06. The maximum atomic E-state index is 3.69. The molecule has 2 fully saturated rings. The predicted octanol–water partition coefficient (Wildman–Crippen LogP) is 1.54. The molecule has 0 aromatic rings. The molecule has 0 bridgehead atoms. The smallest absolute Gasteiger partial charge is 0.0219 e. The Hall–Kier alpha value is -0.120. The van der Waals surface area contributed by atoms with Gasteiger partial charge in [-0.25, -0.2) is 0 Å². The molecule has 0 spiro atoms. The molecule has 0 aromatic carbocycles. The summed E-state index contributed by atoms with van der Waals surface area (Å²) in [6.45, 7) is 10.7. The molecule has 0 aromatic heterocycles. The predicted molar refractivity (Wildman–Crippen MR) is 73.4 cm³/mol. The first kappa shape index (κ1) is 13.3. The van der Waals surface area contributed by atoms with Gasteiger partial charge in [-0.1, -0.05) is 6.92 Å². The highest BCUT2D eigenvalue weighted by Gasteiger charge is 2.31. The average molecular weight is 239 g/mol. The van der Waals surface area contributed by atoms with Crippen molar-refractivity contribution >= 4 is 0 Å². The molecule has 2 rings (SSSR count). The highest BCUT2D eigenvalue weighted by atomic mass is 15.3. The van der Waals surface area contributed by atoms with E-state index in [1.165, 1.54) is 38.9 Å². The fourth-order valence-electron chi connectivity index (χ4n) is 2.87. The van der Waals surface area contributed by atoms with Gasteiger partial charge in [0.1, 0.15) is 0 Å². The minimum absolute atomic E-state index is 0.689. The summed E-state index contributed by atoms with van der Waals surface area (Å²) in [6.07, 6.45) is 4.06. The first-order valence-electron chi connectivity index (χ1n) is 7.31. The van der Waals surface area contributed by atoms with E-state index in [2.05, 4.69) is 42.9 Å². The van der Waals surface area contributed by atoms with Gasteiger partial charge in [0.15, 0.2) is 0 Å². The molecule has 1 N–H and O–H groups in total. The number of nitrogens with zero attached hydrogens (tertiary/aromatic N) is 2. The van der Waals surface area contributed by atoms with E-state index in [-0.39, 0.29) is 0 Å². The molecule has 1 aliphatic carbocycles. The van der Waals surface area contributed by atoms with Crippen LogP contribution in [0, 0.1) is 0 Å². The Labute approximate surface area is 107 Å². The quantitative estimate of drug-likeness (QED) is 0.785. The fourth-order valence-corrected chi connectivity index (χ4v) is 2.87. The molecule has 3 heteroatoms. The summed E-state index contributed by atoms with van der Waals surface area (Å²) >= 11 is 0. The molecule has 1 aliphatic heterocycles. The monoisotopic (exact) mass is 239 g/mol. The SMILES string of the molecule is CCC(CNC1CC1)N1CC(C)N(C)C(C)C1. The molecule has 1 saturated carbocycles. The Morgan fingerprint density at radius 1 is 1.18 bits per heavy atom. The van der Waals surface area contributed by atoms with E-state index in [9.17, 15) is 0 Å². The van der Waals surface area contributed by atoms with E-state index in [0.29, 0.717) is 12.1 Å². The zero-order chi connectivity index (χ0) is 12.4. The van der Waals surface area contributed by atoms with Crippen molar-refractivity contribution in [3.63, 3.8) is 0 Å². The Kier molecular flexibility index (Phi) is 4.45. The summed E-state index contributed by atoms with van der Waals surface area (Å²) in [5, 5.41) is 3.69. The van der Waals surface area contributed by atoms with Crippen LogP contribution in [0.1, 0.15) is 40.0 Å². The van der Waals surface area contributed by atoms with Crippen molar-refractivity contribution in [1.82, 2.24) is 15.1 Å². The third-order valence-electron chi connectivity index (χ3n) is 4.60. The highest BCUT2D eigenvalue weighted by molar-refractivity contribution is 4.89. The maximum absolute atomic E-state index is 3.69. The van der Waals surface area contributed by atoms with Gasteiger partial charge in [0.2, 0.25) is 0 Å². The van der Waals surface area contributed by atoms with Gasteiger partial charge in [-0.05, 0) is 40.2 Å². The molecular formula is C14H29N3. The first-order chi connectivity index (χ1) is 8.11. The van der Waals surface area contributed by atoms with E-state index in [0.717, 1.165) is 12.1 Å². The summed E-state index contributed by atoms with van der Waals surface area (Å²) in [7, 11) is 2.26. The van der Waals surface area contributed by atoms with Crippen LogP contribution in [0.4, 0.5) is 0 Å². The normalized spacial score (nSPS) is 33.9. The maximum Gasteiger partial charge on any atom is 0.0219 e. The van der Waals surface area contributed by atoms with Crippen molar-refractivity contribution in [2.24, 2.45) is 0 Å². The van der Waals surface area contributed by atoms with Gasteiger partial charge in [-0.3, -0.25) is 9.80 Å². The summed E-state index contributed by atoms with van der Waals surface area (Å²) < 4.78 is 0. The molecule has 3 unspecified atom stereocenters. The van der Waals surface area contributed by atoms with Gasteiger partial charge in [0.05, 0.1) is 0 Å². The molecule has 0 radical (unpaired) electrons. The zero-order valence-electron chi connectivity index (χ0n) is 11.9. The van der Waals surface area contributed by atoms with Crippen LogP contribution in [0.2, 0.25) is 0 Å². The summed E-state index contributed by atoms with van der Waals surface area (Å²) in [4.78, 5) is 5.21. The van der Waals surface area contributed by atoms with Crippen molar-refractivity contribution in [2.75, 3.05) is 26.7 Å². The molecule has 100 valence electrons. The molecule has 0 amide bonds. The molecule has 3 atom stereocenters. The molecule has 1 saturated heterocycles. The Morgan fingerprint density at radius 3 is 2.24 bits per heavy atom. The first-order valence-corrected chi connectivity index (χ1v) is 7.31.